The summed E-state index contributed by atoms with van der Waals surface area (Å²) in [5, 5.41) is 0. The van der Waals surface area contributed by atoms with Gasteiger partial charge in [-0.1, -0.05) is 6.08 Å². The first-order valence-electron chi connectivity index (χ1n) is 5.01. The van der Waals surface area contributed by atoms with E-state index >= 15 is 0 Å². The van der Waals surface area contributed by atoms with E-state index in [2.05, 4.69) is 11.1 Å². The largest absolute Gasteiger partial charge is 0.348 e. The summed E-state index contributed by atoms with van der Waals surface area (Å²) in [4.78, 5) is 10.7. The van der Waals surface area contributed by atoms with Gasteiger partial charge in [0.2, 0.25) is 0 Å². The van der Waals surface area contributed by atoms with Gasteiger partial charge in [0.05, 0.1) is 0 Å². The van der Waals surface area contributed by atoms with Crippen molar-refractivity contribution < 1.29 is 4.79 Å². The normalized spacial score (nSPS) is 10.3. The highest BCUT2D eigenvalue weighted by molar-refractivity contribution is 7.99. The number of carbonyl (C=O) groups is 1. The van der Waals surface area contributed by atoms with Crippen molar-refractivity contribution in [2.75, 3.05) is 11.5 Å². The smallest absolute Gasteiger partial charge is 0.151 e. The number of aldehydes is 1. The minimum atomic E-state index is 0.807. The molecule has 0 amide bonds. The molecule has 82 valence electrons. The quantitative estimate of drug-likeness (QED) is 0.420. The molecule has 1 heterocycles. The molecular formula is C12H17NOS. The number of hydrogen-bond donors (Lipinski definition) is 0. The Kier molecular flexibility index (Phi) is 4.69. The molecule has 1 rings (SSSR count). The fourth-order valence-electron chi connectivity index (χ4n) is 1.61. The van der Waals surface area contributed by atoms with Crippen molar-refractivity contribution >= 4 is 18.0 Å². The molecule has 0 bridgehead atoms. The van der Waals surface area contributed by atoms with E-state index in [0.717, 1.165) is 41.3 Å². The Balaban J connectivity index is 2.63. The number of aryl methyl sites for hydroxylation is 1. The fraction of sp³-hybridized carbons (Fsp3) is 0.417. The average molecular weight is 223 g/mol. The van der Waals surface area contributed by atoms with Crippen LogP contribution in [0.25, 0.3) is 0 Å². The first-order chi connectivity index (χ1) is 7.20. The topological polar surface area (TPSA) is 22.0 Å². The van der Waals surface area contributed by atoms with Gasteiger partial charge < -0.3 is 4.57 Å². The van der Waals surface area contributed by atoms with Crippen LogP contribution in [0.2, 0.25) is 0 Å². The maximum atomic E-state index is 10.7. The predicted octanol–water partition coefficient (Wildman–Crippen LogP) is 2.84. The van der Waals surface area contributed by atoms with Gasteiger partial charge in [0.25, 0.3) is 0 Å². The molecule has 0 atom stereocenters. The Morgan fingerprint density at radius 2 is 2.27 bits per heavy atom. The second-order valence-corrected chi connectivity index (χ2v) is 4.61. The monoisotopic (exact) mass is 223 g/mol. The average Bonchev–Trinajstić information content (AvgIpc) is 2.50. The summed E-state index contributed by atoms with van der Waals surface area (Å²) in [6.07, 6.45) is 2.84. The van der Waals surface area contributed by atoms with E-state index in [0.29, 0.717) is 0 Å². The number of aromatic nitrogens is 1. The molecule has 0 N–H and O–H groups in total. The summed E-state index contributed by atoms with van der Waals surface area (Å²) in [5.74, 6) is 2.04. The molecule has 15 heavy (non-hydrogen) atoms. The van der Waals surface area contributed by atoms with E-state index in [4.69, 9.17) is 0 Å². The van der Waals surface area contributed by atoms with Gasteiger partial charge in [-0.15, -0.1) is 6.58 Å². The summed E-state index contributed by atoms with van der Waals surface area (Å²) in [7, 11) is 0. The van der Waals surface area contributed by atoms with Crippen molar-refractivity contribution in [2.45, 2.75) is 20.4 Å². The predicted molar refractivity (Wildman–Crippen MR) is 66.8 cm³/mol. The van der Waals surface area contributed by atoms with E-state index < -0.39 is 0 Å². The van der Waals surface area contributed by atoms with E-state index in [1.807, 2.05) is 37.8 Å². The molecule has 0 radical (unpaired) electrons. The third-order valence-electron chi connectivity index (χ3n) is 2.43. The second-order valence-electron chi connectivity index (χ2n) is 3.46. The molecular weight excluding hydrogens is 206 g/mol. The molecule has 0 saturated carbocycles. The Morgan fingerprint density at radius 1 is 1.53 bits per heavy atom. The standard InChI is InChI=1S/C12H17NOS/c1-4-6-15-7-5-13-10(2)8-12(9-14)11(13)3/h4,8-9H,1,5-7H2,2-3H3. The maximum absolute atomic E-state index is 10.7. The Labute approximate surface area is 95.4 Å². The van der Waals surface area contributed by atoms with Gasteiger partial charge in [-0.25, -0.2) is 0 Å². The van der Waals surface area contributed by atoms with Crippen molar-refractivity contribution in [2.24, 2.45) is 0 Å². The van der Waals surface area contributed by atoms with Crippen molar-refractivity contribution in [1.29, 1.82) is 0 Å². The number of hydrogen-bond acceptors (Lipinski definition) is 2. The van der Waals surface area contributed by atoms with Crippen molar-refractivity contribution in [3.05, 3.63) is 35.7 Å². The molecule has 2 nitrogen and oxygen atoms in total. The zero-order chi connectivity index (χ0) is 11.3. The minimum Gasteiger partial charge on any atom is -0.348 e. The van der Waals surface area contributed by atoms with Gasteiger partial charge in [-0.2, -0.15) is 11.8 Å². The van der Waals surface area contributed by atoms with Gasteiger partial charge in [-0.3, -0.25) is 4.79 Å². The van der Waals surface area contributed by atoms with Crippen LogP contribution in [0.5, 0.6) is 0 Å². The molecule has 0 unspecified atom stereocenters. The highest BCUT2D eigenvalue weighted by Gasteiger charge is 2.07. The zero-order valence-electron chi connectivity index (χ0n) is 9.32. The molecule has 0 spiro atoms. The molecule has 0 aliphatic heterocycles. The SMILES string of the molecule is C=CCSCCn1c(C)cc(C=O)c1C. The molecule has 1 aromatic heterocycles. The van der Waals surface area contributed by atoms with Gasteiger partial charge in [-0.05, 0) is 19.9 Å². The number of rotatable bonds is 6. The first kappa shape index (κ1) is 12.1. The molecule has 3 heteroatoms. The van der Waals surface area contributed by atoms with Crippen LogP contribution in [0.15, 0.2) is 18.7 Å². The number of nitrogens with zero attached hydrogens (tertiary/aromatic N) is 1. The summed E-state index contributed by atoms with van der Waals surface area (Å²) in [6.45, 7) is 8.68. The molecule has 1 aromatic rings. The van der Waals surface area contributed by atoms with Crippen LogP contribution in [0, 0.1) is 13.8 Å². The second kappa shape index (κ2) is 5.81. The van der Waals surface area contributed by atoms with Crippen LogP contribution in [0.3, 0.4) is 0 Å². The third kappa shape index (κ3) is 2.99. The van der Waals surface area contributed by atoms with Crippen LogP contribution in [0.4, 0.5) is 0 Å². The summed E-state index contributed by atoms with van der Waals surface area (Å²) in [5.41, 5.74) is 3.04. The van der Waals surface area contributed by atoms with Crippen LogP contribution < -0.4 is 0 Å². The summed E-state index contributed by atoms with van der Waals surface area (Å²) >= 11 is 1.86. The van der Waals surface area contributed by atoms with E-state index in [9.17, 15) is 4.79 Å². The van der Waals surface area contributed by atoms with Crippen molar-refractivity contribution in [3.63, 3.8) is 0 Å². The van der Waals surface area contributed by atoms with E-state index in [-0.39, 0.29) is 0 Å². The lowest BCUT2D eigenvalue weighted by Gasteiger charge is -2.08. The lowest BCUT2D eigenvalue weighted by Crippen LogP contribution is -2.05. The van der Waals surface area contributed by atoms with Gasteiger partial charge in [0.15, 0.2) is 6.29 Å². The van der Waals surface area contributed by atoms with E-state index in [1.165, 1.54) is 0 Å². The Bertz CT molecular complexity index is 355. The fourth-order valence-corrected chi connectivity index (χ4v) is 2.26. The molecule has 0 aromatic carbocycles. The summed E-state index contributed by atoms with van der Waals surface area (Å²) < 4.78 is 2.19. The van der Waals surface area contributed by atoms with Crippen LogP contribution >= 0.6 is 11.8 Å². The lowest BCUT2D eigenvalue weighted by atomic mass is 10.3. The van der Waals surface area contributed by atoms with Crippen LogP contribution in [-0.2, 0) is 6.54 Å². The lowest BCUT2D eigenvalue weighted by molar-refractivity contribution is 0.112. The third-order valence-corrected chi connectivity index (χ3v) is 3.38. The Morgan fingerprint density at radius 3 is 2.80 bits per heavy atom. The highest BCUT2D eigenvalue weighted by atomic mass is 32.2. The molecule has 0 fully saturated rings. The van der Waals surface area contributed by atoms with Gasteiger partial charge >= 0.3 is 0 Å². The zero-order valence-corrected chi connectivity index (χ0v) is 10.1. The molecule has 0 saturated heterocycles. The van der Waals surface area contributed by atoms with Crippen LogP contribution in [-0.4, -0.2) is 22.4 Å². The minimum absolute atomic E-state index is 0.807. The van der Waals surface area contributed by atoms with Gasteiger partial charge in [0.1, 0.15) is 0 Å². The molecule has 0 aliphatic rings. The van der Waals surface area contributed by atoms with Crippen molar-refractivity contribution in [3.8, 4) is 0 Å². The molecule has 0 aliphatic carbocycles. The summed E-state index contributed by atoms with van der Waals surface area (Å²) in [6, 6.07) is 1.94. The van der Waals surface area contributed by atoms with E-state index in [1.54, 1.807) is 0 Å². The number of carbonyl (C=O) groups excluding carboxylic acids is 1. The number of thioether (sulfide) groups is 1. The Hall–Kier alpha value is -0.960. The highest BCUT2D eigenvalue weighted by Crippen LogP contribution is 2.14. The first-order valence-corrected chi connectivity index (χ1v) is 6.16. The van der Waals surface area contributed by atoms with Crippen molar-refractivity contribution in [1.82, 2.24) is 4.57 Å². The van der Waals surface area contributed by atoms with Crippen LogP contribution in [0.1, 0.15) is 21.7 Å². The van der Waals surface area contributed by atoms with Gasteiger partial charge in [0, 0.05) is 35.0 Å². The maximum Gasteiger partial charge on any atom is 0.151 e.